The molecule has 8 rings (SSSR count). The zero-order chi connectivity index (χ0) is 42.2. The summed E-state index contributed by atoms with van der Waals surface area (Å²) < 4.78 is 29.5. The molecule has 0 saturated carbocycles. The van der Waals surface area contributed by atoms with E-state index in [1.165, 1.54) is 0 Å². The minimum absolute atomic E-state index is 0.00381. The quantitative estimate of drug-likeness (QED) is 0.0643. The average molecular weight is 832 g/mol. The van der Waals surface area contributed by atoms with Gasteiger partial charge < -0.3 is 74.0 Å². The number of carbonyl (C=O) groups excluding carboxylic acids is 1. The Morgan fingerprint density at radius 3 is 2.28 bits per heavy atom. The Kier molecular flexibility index (Phi) is 12.7. The number of aliphatic hydroxyl groups excluding tert-OH is 6. The second kappa shape index (κ2) is 18.0. The molecular formula is C41H50BN5O13. The van der Waals surface area contributed by atoms with Crippen molar-refractivity contribution < 1.29 is 64.1 Å². The summed E-state index contributed by atoms with van der Waals surface area (Å²) in [7, 11) is 2.74. The van der Waals surface area contributed by atoms with Gasteiger partial charge in [-0.25, -0.2) is 4.99 Å². The van der Waals surface area contributed by atoms with Crippen molar-refractivity contribution in [2.24, 2.45) is 4.99 Å². The number of hydrogen-bond acceptors (Lipinski definition) is 16. The molecule has 60 heavy (non-hydrogen) atoms. The zero-order valence-corrected chi connectivity index (χ0v) is 33.1. The molecule has 19 heteroatoms. The van der Waals surface area contributed by atoms with Crippen molar-refractivity contribution in [3.05, 3.63) is 83.9 Å². The number of aromatic nitrogens is 1. The predicted octanol–water partition coefficient (Wildman–Crippen LogP) is -1.37. The Hall–Kier alpha value is -4.32. The highest BCUT2D eigenvalue weighted by Crippen LogP contribution is 2.36. The van der Waals surface area contributed by atoms with Crippen LogP contribution in [0.5, 0.6) is 5.88 Å². The van der Waals surface area contributed by atoms with Gasteiger partial charge in [0.2, 0.25) is 5.91 Å². The Labute approximate surface area is 345 Å². The molecule has 4 aliphatic heterocycles. The van der Waals surface area contributed by atoms with Gasteiger partial charge in [-0.05, 0) is 42.8 Å². The van der Waals surface area contributed by atoms with Gasteiger partial charge in [0.1, 0.15) is 48.8 Å². The van der Waals surface area contributed by atoms with Crippen molar-refractivity contribution in [3.63, 3.8) is 0 Å². The molecule has 10 atom stereocenters. The fourth-order valence-electron chi connectivity index (χ4n) is 8.09. The van der Waals surface area contributed by atoms with E-state index in [1.54, 1.807) is 30.1 Å². The van der Waals surface area contributed by atoms with Crippen LogP contribution in [0, 0.1) is 0 Å². The molecular weight excluding hydrogens is 781 g/mol. The maximum absolute atomic E-state index is 13.1. The SMILES string of the molecule is CN1CCN(CC(=O)N(C)c2ccc(N=C(c3ccccc3)c3c(O)[nH]c4cc(B5O[C@H]6[C@H](O[C@H]7[C@H](O)[C@@H](O)[C@@H](O)O[C@@H]7CO)O[C@H](CO)[C@H](O)[C@@H]6O5)ccc34)cc2)CC1. The van der Waals surface area contributed by atoms with Crippen LogP contribution < -0.4 is 10.4 Å². The van der Waals surface area contributed by atoms with Gasteiger partial charge in [0.25, 0.3) is 0 Å². The first-order valence-corrected chi connectivity index (χ1v) is 19.9. The molecule has 0 bridgehead atoms. The summed E-state index contributed by atoms with van der Waals surface area (Å²) >= 11 is 0. The van der Waals surface area contributed by atoms with E-state index in [0.717, 1.165) is 37.4 Å². The number of carbonyl (C=O) groups is 1. The van der Waals surface area contributed by atoms with Crippen LogP contribution in [0.2, 0.25) is 0 Å². The van der Waals surface area contributed by atoms with E-state index >= 15 is 0 Å². The summed E-state index contributed by atoms with van der Waals surface area (Å²) in [6.07, 6.45) is -14.0. The number of likely N-dealkylation sites (N-methyl/N-ethyl adjacent to an activating group) is 2. The van der Waals surface area contributed by atoms with Gasteiger partial charge in [0.15, 0.2) is 18.5 Å². The van der Waals surface area contributed by atoms with Crippen molar-refractivity contribution in [2.45, 2.75) is 61.4 Å². The number of nitrogens with zero attached hydrogens (tertiary/aromatic N) is 4. The van der Waals surface area contributed by atoms with Crippen LogP contribution in [-0.4, -0.2) is 191 Å². The van der Waals surface area contributed by atoms with E-state index in [9.17, 15) is 40.5 Å². The lowest BCUT2D eigenvalue weighted by molar-refractivity contribution is -0.345. The fraction of sp³-hybridized carbons (Fsp3) is 0.463. The van der Waals surface area contributed by atoms with Gasteiger partial charge in [-0.3, -0.25) is 9.69 Å². The number of aliphatic imine (C=N–C) groups is 1. The number of anilines is 1. The number of benzene rings is 3. The van der Waals surface area contributed by atoms with Crippen molar-refractivity contribution in [1.29, 1.82) is 0 Å². The topological polar surface area (TPSA) is 243 Å². The molecule has 0 aliphatic carbocycles. The number of fused-ring (bicyclic) bond motifs is 2. The fourth-order valence-corrected chi connectivity index (χ4v) is 8.09. The number of hydrogen-bond donors (Lipinski definition) is 8. The monoisotopic (exact) mass is 831 g/mol. The molecule has 1 amide bonds. The van der Waals surface area contributed by atoms with Gasteiger partial charge in [-0.2, -0.15) is 0 Å². The van der Waals surface area contributed by atoms with Crippen molar-refractivity contribution in [1.82, 2.24) is 14.8 Å². The largest absolute Gasteiger partial charge is 0.494 e. The number of nitrogens with one attached hydrogen (secondary N) is 1. The Morgan fingerprint density at radius 1 is 0.883 bits per heavy atom. The second-order valence-corrected chi connectivity index (χ2v) is 15.6. The molecule has 3 aromatic carbocycles. The molecule has 4 fully saturated rings. The summed E-state index contributed by atoms with van der Waals surface area (Å²) in [6.45, 7) is 2.58. The van der Waals surface area contributed by atoms with E-state index in [-0.39, 0.29) is 11.8 Å². The third kappa shape index (κ3) is 8.46. The van der Waals surface area contributed by atoms with Gasteiger partial charge in [-0.1, -0.05) is 42.5 Å². The number of piperazine rings is 1. The summed E-state index contributed by atoms with van der Waals surface area (Å²) in [5.74, 6) is -0.143. The molecule has 4 aromatic rings. The van der Waals surface area contributed by atoms with Crippen LogP contribution in [0.3, 0.4) is 0 Å². The molecule has 4 saturated heterocycles. The maximum atomic E-state index is 13.1. The molecule has 0 spiro atoms. The summed E-state index contributed by atoms with van der Waals surface area (Å²) in [5.41, 5.74) is 4.00. The van der Waals surface area contributed by atoms with E-state index in [2.05, 4.69) is 21.8 Å². The molecule has 5 heterocycles. The first-order chi connectivity index (χ1) is 28.9. The van der Waals surface area contributed by atoms with Crippen LogP contribution in [0.15, 0.2) is 77.8 Å². The number of aromatic hydroxyl groups is 1. The Balaban J connectivity index is 1.04. The summed E-state index contributed by atoms with van der Waals surface area (Å²) in [4.78, 5) is 27.2. The lowest BCUT2D eigenvalue weighted by Gasteiger charge is -2.45. The highest BCUT2D eigenvalue weighted by Gasteiger charge is 2.56. The third-order valence-electron chi connectivity index (χ3n) is 11.7. The molecule has 0 unspecified atom stereocenters. The van der Waals surface area contributed by atoms with Gasteiger partial charge >= 0.3 is 7.12 Å². The lowest BCUT2D eigenvalue weighted by Crippen LogP contribution is -2.63. The smallest absolute Gasteiger partial charge is 0.494 e. The normalized spacial score (nSPS) is 30.5. The van der Waals surface area contributed by atoms with Gasteiger partial charge in [0, 0.05) is 55.4 Å². The minimum Gasteiger partial charge on any atom is -0.494 e. The van der Waals surface area contributed by atoms with Gasteiger partial charge in [-0.15, -0.1) is 0 Å². The maximum Gasteiger partial charge on any atom is 0.494 e. The molecule has 320 valence electrons. The first kappa shape index (κ1) is 42.4. The van der Waals surface area contributed by atoms with Gasteiger partial charge in [0.05, 0.1) is 36.7 Å². The first-order valence-electron chi connectivity index (χ1n) is 19.9. The van der Waals surface area contributed by atoms with Crippen LogP contribution in [-0.2, 0) is 28.3 Å². The Bertz CT molecular complexity index is 2140. The highest BCUT2D eigenvalue weighted by molar-refractivity contribution is 6.62. The van der Waals surface area contributed by atoms with Crippen LogP contribution in [0.1, 0.15) is 11.1 Å². The zero-order valence-electron chi connectivity index (χ0n) is 33.1. The third-order valence-corrected chi connectivity index (χ3v) is 11.7. The summed E-state index contributed by atoms with van der Waals surface area (Å²) in [5, 5.41) is 74.0. The highest BCUT2D eigenvalue weighted by atomic mass is 16.8. The van der Waals surface area contributed by atoms with Crippen molar-refractivity contribution >= 4 is 46.5 Å². The van der Waals surface area contributed by atoms with E-state index in [0.29, 0.717) is 39.9 Å². The number of ether oxygens (including phenoxy) is 3. The standard InChI is InChI=1S/C41H50BN5O13/c1-45-14-16-47(17-15-45)19-30(50)46(2)25-11-9-24(10-12-25)43-32(22-6-4-3-5-7-22)31-26-13-8-23(18-27(26)44-39(31)54)42-59-37-33(51)28(20-48)57-41(38(37)60-42)58-36-29(21-49)56-40(55)35(53)34(36)52/h3-13,18,28-29,33-38,40-41,44,48-49,51-55H,14-17,19-21H2,1-2H3/t28-,29-,33+,34-,35-,36-,37+,38-,40+,41+/m1/s1. The molecule has 0 radical (unpaired) electrons. The van der Waals surface area contributed by atoms with Crippen LogP contribution in [0.25, 0.3) is 10.9 Å². The van der Waals surface area contributed by atoms with Crippen LogP contribution in [0.4, 0.5) is 11.4 Å². The second-order valence-electron chi connectivity index (χ2n) is 15.6. The van der Waals surface area contributed by atoms with Crippen LogP contribution >= 0.6 is 0 Å². The van der Waals surface area contributed by atoms with E-state index in [1.807, 2.05) is 54.6 Å². The average Bonchev–Trinajstić information content (AvgIpc) is 3.86. The molecule has 1 aromatic heterocycles. The number of aromatic amines is 1. The molecule has 4 aliphatic rings. The van der Waals surface area contributed by atoms with Crippen molar-refractivity contribution in [2.75, 3.05) is 64.9 Å². The molecule has 18 nitrogen and oxygen atoms in total. The number of amides is 1. The summed E-state index contributed by atoms with van der Waals surface area (Å²) in [6, 6.07) is 22.0. The number of H-pyrrole nitrogens is 1. The van der Waals surface area contributed by atoms with Crippen molar-refractivity contribution in [3.8, 4) is 5.88 Å². The van der Waals surface area contributed by atoms with E-state index < -0.39 is 81.7 Å². The Morgan fingerprint density at radius 2 is 1.58 bits per heavy atom. The van der Waals surface area contributed by atoms with E-state index in [4.69, 9.17) is 28.5 Å². The number of rotatable bonds is 11. The minimum atomic E-state index is -1.77. The lowest BCUT2D eigenvalue weighted by atomic mass is 9.79. The predicted molar refractivity (Wildman–Crippen MR) is 217 cm³/mol. The number of aliphatic hydroxyl groups is 6. The molecule has 8 N–H and O–H groups in total.